The van der Waals surface area contributed by atoms with E-state index in [4.69, 9.17) is 16.0 Å². The Morgan fingerprint density at radius 1 is 0.875 bits per heavy atom. The number of rotatable bonds is 2. The Balaban J connectivity index is 1.59. The maximum Gasteiger partial charge on any atom is 0.338 e. The molecule has 1 aliphatic rings. The monoisotopic (exact) mass is 340 g/mol. The van der Waals surface area contributed by atoms with E-state index >= 15 is 0 Å². The molecule has 0 aliphatic carbocycles. The predicted octanol–water partition coefficient (Wildman–Crippen LogP) is 3.77. The van der Waals surface area contributed by atoms with E-state index in [9.17, 15) is 4.79 Å². The average Bonchev–Trinajstić information content (AvgIpc) is 2.61. The number of fused-ring (bicyclic) bond motifs is 1. The minimum atomic E-state index is -0.305. The molecule has 0 atom stereocenters. The number of anilines is 2. The zero-order valence-corrected chi connectivity index (χ0v) is 13.9. The van der Waals surface area contributed by atoms with E-state index < -0.39 is 0 Å². The van der Waals surface area contributed by atoms with Gasteiger partial charge in [-0.3, -0.25) is 0 Å². The van der Waals surface area contributed by atoms with Gasteiger partial charge in [-0.25, -0.2) is 4.79 Å². The van der Waals surface area contributed by atoms with Crippen LogP contribution in [0.3, 0.4) is 0 Å². The highest BCUT2D eigenvalue weighted by Gasteiger charge is 2.20. The van der Waals surface area contributed by atoms with Gasteiger partial charge in [0.05, 0.1) is 5.69 Å². The van der Waals surface area contributed by atoms with Crippen LogP contribution in [0.2, 0.25) is 5.02 Å². The Morgan fingerprint density at radius 2 is 1.62 bits per heavy atom. The van der Waals surface area contributed by atoms with Crippen molar-refractivity contribution in [2.45, 2.75) is 0 Å². The number of halogens is 1. The van der Waals surface area contributed by atoms with Gasteiger partial charge >= 0.3 is 5.63 Å². The van der Waals surface area contributed by atoms with Crippen LogP contribution in [0.15, 0.2) is 63.8 Å². The summed E-state index contributed by atoms with van der Waals surface area (Å²) in [4.78, 5) is 16.4. The predicted molar refractivity (Wildman–Crippen MR) is 98.4 cm³/mol. The second-order valence-corrected chi connectivity index (χ2v) is 6.34. The van der Waals surface area contributed by atoms with Crippen LogP contribution in [0.5, 0.6) is 0 Å². The second kappa shape index (κ2) is 6.21. The fourth-order valence-electron chi connectivity index (χ4n) is 3.23. The normalized spacial score (nSPS) is 15.0. The molecule has 0 saturated carbocycles. The summed E-state index contributed by atoms with van der Waals surface area (Å²) >= 11 is 6.09. The van der Waals surface area contributed by atoms with Gasteiger partial charge in [0.2, 0.25) is 0 Å². The van der Waals surface area contributed by atoms with Gasteiger partial charge in [-0.2, -0.15) is 0 Å². The summed E-state index contributed by atoms with van der Waals surface area (Å²) in [6, 6.07) is 17.2. The van der Waals surface area contributed by atoms with Crippen molar-refractivity contribution in [1.29, 1.82) is 0 Å². The molecule has 3 aromatic rings. The molecule has 1 fully saturated rings. The Labute approximate surface area is 144 Å². The van der Waals surface area contributed by atoms with Gasteiger partial charge < -0.3 is 14.2 Å². The summed E-state index contributed by atoms with van der Waals surface area (Å²) in [5.74, 6) is 0. The van der Waals surface area contributed by atoms with E-state index in [0.29, 0.717) is 5.58 Å². The van der Waals surface area contributed by atoms with Crippen LogP contribution in [0.25, 0.3) is 11.0 Å². The third-order valence-corrected chi connectivity index (χ3v) is 4.66. The molecule has 5 heteroatoms. The van der Waals surface area contributed by atoms with Crippen molar-refractivity contribution >= 4 is 33.9 Å². The lowest BCUT2D eigenvalue weighted by Gasteiger charge is -2.37. The summed E-state index contributed by atoms with van der Waals surface area (Å²) in [6.45, 7) is 3.46. The molecule has 0 radical (unpaired) electrons. The maximum atomic E-state index is 11.9. The van der Waals surface area contributed by atoms with Crippen LogP contribution in [0.1, 0.15) is 0 Å². The van der Waals surface area contributed by atoms with Gasteiger partial charge in [0, 0.05) is 48.3 Å². The van der Waals surface area contributed by atoms with E-state index in [1.165, 1.54) is 0 Å². The first kappa shape index (κ1) is 15.1. The van der Waals surface area contributed by atoms with Gasteiger partial charge in [-0.05, 0) is 30.3 Å². The first-order valence-electron chi connectivity index (χ1n) is 7.99. The molecule has 0 unspecified atom stereocenters. The molecule has 1 aliphatic heterocycles. The summed E-state index contributed by atoms with van der Waals surface area (Å²) in [6.07, 6.45) is 0. The van der Waals surface area contributed by atoms with Crippen molar-refractivity contribution in [2.24, 2.45) is 0 Å². The zero-order chi connectivity index (χ0) is 16.5. The Hall–Kier alpha value is -2.46. The summed E-state index contributed by atoms with van der Waals surface area (Å²) in [7, 11) is 0. The molecule has 0 amide bonds. The average molecular weight is 341 g/mol. The minimum Gasteiger partial charge on any atom is -0.423 e. The zero-order valence-electron chi connectivity index (χ0n) is 13.1. The molecule has 2 heterocycles. The fourth-order valence-corrected chi connectivity index (χ4v) is 3.42. The summed E-state index contributed by atoms with van der Waals surface area (Å²) in [5, 5.41) is 1.73. The van der Waals surface area contributed by atoms with Crippen LogP contribution in [-0.4, -0.2) is 26.2 Å². The van der Waals surface area contributed by atoms with Crippen molar-refractivity contribution in [3.8, 4) is 0 Å². The minimum absolute atomic E-state index is 0.305. The molecule has 1 aromatic heterocycles. The molecule has 0 spiro atoms. The molecule has 122 valence electrons. The topological polar surface area (TPSA) is 36.7 Å². The van der Waals surface area contributed by atoms with Crippen LogP contribution in [0.4, 0.5) is 11.4 Å². The van der Waals surface area contributed by atoms with Crippen molar-refractivity contribution in [3.05, 3.63) is 70.0 Å². The smallest absolute Gasteiger partial charge is 0.338 e. The van der Waals surface area contributed by atoms with Crippen molar-refractivity contribution in [1.82, 2.24) is 0 Å². The standard InChI is InChI=1S/C19H17ClN2O2/c20-14-4-3-5-15(12-14)21-8-10-22(11-9-21)17-13-19(23)24-18-7-2-1-6-16(17)18/h1-7,12-13H,8-11H2. The molecule has 2 aromatic carbocycles. The van der Waals surface area contributed by atoms with Crippen molar-refractivity contribution < 1.29 is 4.42 Å². The van der Waals surface area contributed by atoms with Gasteiger partial charge in [0.1, 0.15) is 5.58 Å². The Bertz CT molecular complexity index is 930. The fraction of sp³-hybridized carbons (Fsp3) is 0.211. The number of para-hydroxylation sites is 1. The van der Waals surface area contributed by atoms with E-state index in [-0.39, 0.29) is 5.63 Å². The van der Waals surface area contributed by atoms with Crippen LogP contribution in [-0.2, 0) is 0 Å². The highest BCUT2D eigenvalue weighted by atomic mass is 35.5. The van der Waals surface area contributed by atoms with E-state index in [1.807, 2.05) is 42.5 Å². The lowest BCUT2D eigenvalue weighted by atomic mass is 10.1. The maximum absolute atomic E-state index is 11.9. The third kappa shape index (κ3) is 2.85. The van der Waals surface area contributed by atoms with Crippen LogP contribution in [0, 0.1) is 0 Å². The molecule has 24 heavy (non-hydrogen) atoms. The molecule has 1 saturated heterocycles. The van der Waals surface area contributed by atoms with E-state index in [1.54, 1.807) is 6.07 Å². The van der Waals surface area contributed by atoms with E-state index in [2.05, 4.69) is 15.9 Å². The molecule has 0 bridgehead atoms. The SMILES string of the molecule is O=c1cc(N2CCN(c3cccc(Cl)c3)CC2)c2ccccc2o1. The molecule has 0 N–H and O–H groups in total. The number of nitrogens with zero attached hydrogens (tertiary/aromatic N) is 2. The Kier molecular flexibility index (Phi) is 3.90. The van der Waals surface area contributed by atoms with Crippen molar-refractivity contribution in [2.75, 3.05) is 36.0 Å². The summed E-state index contributed by atoms with van der Waals surface area (Å²) < 4.78 is 5.29. The highest BCUT2D eigenvalue weighted by molar-refractivity contribution is 6.30. The number of benzene rings is 2. The molecule has 4 nitrogen and oxygen atoms in total. The molecular weight excluding hydrogens is 324 g/mol. The van der Waals surface area contributed by atoms with Crippen molar-refractivity contribution in [3.63, 3.8) is 0 Å². The Morgan fingerprint density at radius 3 is 2.42 bits per heavy atom. The number of piperazine rings is 1. The molecular formula is C19H17ClN2O2. The highest BCUT2D eigenvalue weighted by Crippen LogP contribution is 2.27. The van der Waals surface area contributed by atoms with Crippen LogP contribution >= 0.6 is 11.6 Å². The first-order chi connectivity index (χ1) is 11.7. The van der Waals surface area contributed by atoms with Gasteiger partial charge in [0.25, 0.3) is 0 Å². The lowest BCUT2D eigenvalue weighted by molar-refractivity contribution is 0.559. The number of hydrogen-bond acceptors (Lipinski definition) is 4. The van der Waals surface area contributed by atoms with Gasteiger partial charge in [0.15, 0.2) is 0 Å². The van der Waals surface area contributed by atoms with Crippen LogP contribution < -0.4 is 15.4 Å². The van der Waals surface area contributed by atoms with Gasteiger partial charge in [-0.1, -0.05) is 29.8 Å². The second-order valence-electron chi connectivity index (χ2n) is 5.90. The largest absolute Gasteiger partial charge is 0.423 e. The lowest BCUT2D eigenvalue weighted by Crippen LogP contribution is -2.46. The summed E-state index contributed by atoms with van der Waals surface area (Å²) in [5.41, 5.74) is 2.42. The van der Waals surface area contributed by atoms with Gasteiger partial charge in [-0.15, -0.1) is 0 Å². The third-order valence-electron chi connectivity index (χ3n) is 4.42. The van der Waals surface area contributed by atoms with E-state index in [0.717, 1.165) is 48.0 Å². The first-order valence-corrected chi connectivity index (χ1v) is 8.37. The quantitative estimate of drug-likeness (QED) is 0.665. The molecule has 4 rings (SSSR count). The number of hydrogen-bond donors (Lipinski definition) is 0.